The van der Waals surface area contributed by atoms with Crippen LogP contribution in [0, 0.1) is 0 Å². The van der Waals surface area contributed by atoms with Gasteiger partial charge in [0.05, 0.1) is 13.2 Å². The largest absolute Gasteiger partial charge is 0.497 e. The van der Waals surface area contributed by atoms with Crippen molar-refractivity contribution in [3.63, 3.8) is 0 Å². The van der Waals surface area contributed by atoms with Crippen molar-refractivity contribution in [2.24, 2.45) is 0 Å². The third kappa shape index (κ3) is 2.19. The SMILES string of the molecule is COCOC1C(=O)N(c2ccc(OC)cc2)C1C. The Bertz CT molecular complexity index is 418. The van der Waals surface area contributed by atoms with E-state index in [2.05, 4.69) is 0 Å². The molecular formula is C13H17NO4. The first-order chi connectivity index (χ1) is 8.69. The summed E-state index contributed by atoms with van der Waals surface area (Å²) in [5, 5.41) is 0. The molecule has 1 aromatic carbocycles. The summed E-state index contributed by atoms with van der Waals surface area (Å²) in [7, 11) is 3.15. The van der Waals surface area contributed by atoms with Crippen LogP contribution in [-0.2, 0) is 14.3 Å². The molecule has 5 heteroatoms. The molecule has 5 nitrogen and oxygen atoms in total. The lowest BCUT2D eigenvalue weighted by Crippen LogP contribution is -2.64. The molecule has 0 aliphatic carbocycles. The number of methoxy groups -OCH3 is 2. The van der Waals surface area contributed by atoms with E-state index in [-0.39, 0.29) is 18.7 Å². The summed E-state index contributed by atoms with van der Waals surface area (Å²) < 4.78 is 15.2. The van der Waals surface area contributed by atoms with Crippen molar-refractivity contribution in [2.45, 2.75) is 19.1 Å². The zero-order chi connectivity index (χ0) is 13.1. The fourth-order valence-corrected chi connectivity index (χ4v) is 2.05. The number of carbonyl (C=O) groups is 1. The molecule has 0 N–H and O–H groups in total. The van der Waals surface area contributed by atoms with Crippen molar-refractivity contribution in [2.75, 3.05) is 25.9 Å². The van der Waals surface area contributed by atoms with Gasteiger partial charge in [0.25, 0.3) is 5.91 Å². The van der Waals surface area contributed by atoms with Crippen molar-refractivity contribution in [1.82, 2.24) is 0 Å². The third-order valence-corrected chi connectivity index (χ3v) is 3.04. The summed E-state index contributed by atoms with van der Waals surface area (Å²) in [5.41, 5.74) is 0.852. The lowest BCUT2D eigenvalue weighted by atomic mass is 9.98. The van der Waals surface area contributed by atoms with Gasteiger partial charge in [0, 0.05) is 12.8 Å². The minimum atomic E-state index is -0.410. The number of anilines is 1. The lowest BCUT2D eigenvalue weighted by molar-refractivity contribution is -0.153. The summed E-state index contributed by atoms with van der Waals surface area (Å²) in [6.07, 6.45) is -0.410. The molecule has 98 valence electrons. The predicted molar refractivity (Wildman–Crippen MR) is 66.7 cm³/mol. The molecule has 0 aromatic heterocycles. The first-order valence-corrected chi connectivity index (χ1v) is 5.76. The highest BCUT2D eigenvalue weighted by Crippen LogP contribution is 2.30. The first kappa shape index (κ1) is 12.9. The zero-order valence-electron chi connectivity index (χ0n) is 10.8. The molecular weight excluding hydrogens is 234 g/mol. The van der Waals surface area contributed by atoms with E-state index in [4.69, 9.17) is 14.2 Å². The fraction of sp³-hybridized carbons (Fsp3) is 0.462. The molecule has 0 spiro atoms. The average Bonchev–Trinajstić information content (AvgIpc) is 2.40. The van der Waals surface area contributed by atoms with Crippen LogP contribution in [0.3, 0.4) is 0 Å². The minimum absolute atomic E-state index is 0.0149. The van der Waals surface area contributed by atoms with Crippen molar-refractivity contribution < 1.29 is 19.0 Å². The zero-order valence-corrected chi connectivity index (χ0v) is 10.8. The summed E-state index contributed by atoms with van der Waals surface area (Å²) in [5.74, 6) is 0.733. The van der Waals surface area contributed by atoms with E-state index in [1.807, 2.05) is 31.2 Å². The van der Waals surface area contributed by atoms with Gasteiger partial charge >= 0.3 is 0 Å². The summed E-state index contributed by atoms with van der Waals surface area (Å²) >= 11 is 0. The maximum absolute atomic E-state index is 11.9. The Morgan fingerprint density at radius 2 is 1.89 bits per heavy atom. The second-order valence-corrected chi connectivity index (χ2v) is 4.14. The van der Waals surface area contributed by atoms with Crippen LogP contribution in [-0.4, -0.2) is 39.1 Å². The number of carbonyl (C=O) groups excluding carboxylic acids is 1. The van der Waals surface area contributed by atoms with Crippen LogP contribution in [0.25, 0.3) is 0 Å². The quantitative estimate of drug-likeness (QED) is 0.586. The molecule has 1 fully saturated rings. The molecule has 18 heavy (non-hydrogen) atoms. The maximum atomic E-state index is 11.9. The Balaban J connectivity index is 2.04. The number of hydrogen-bond acceptors (Lipinski definition) is 4. The van der Waals surface area contributed by atoms with E-state index in [0.29, 0.717) is 0 Å². The Hall–Kier alpha value is -1.59. The van der Waals surface area contributed by atoms with Crippen LogP contribution < -0.4 is 9.64 Å². The average molecular weight is 251 g/mol. The standard InChI is InChI=1S/C13H17NO4/c1-9-12(18-8-16-2)13(15)14(9)10-4-6-11(17-3)7-5-10/h4-7,9,12H,8H2,1-3H3. The Labute approximate surface area is 106 Å². The highest BCUT2D eigenvalue weighted by atomic mass is 16.7. The van der Waals surface area contributed by atoms with Crippen LogP contribution in [0.15, 0.2) is 24.3 Å². The van der Waals surface area contributed by atoms with Crippen LogP contribution in [0.5, 0.6) is 5.75 Å². The topological polar surface area (TPSA) is 48.0 Å². The maximum Gasteiger partial charge on any atom is 0.258 e. The van der Waals surface area contributed by atoms with Crippen LogP contribution in [0.2, 0.25) is 0 Å². The minimum Gasteiger partial charge on any atom is -0.497 e. The van der Waals surface area contributed by atoms with Gasteiger partial charge < -0.3 is 19.1 Å². The van der Waals surface area contributed by atoms with Crippen molar-refractivity contribution >= 4 is 11.6 Å². The molecule has 0 radical (unpaired) electrons. The summed E-state index contributed by atoms with van der Waals surface area (Å²) in [4.78, 5) is 13.7. The number of hydrogen-bond donors (Lipinski definition) is 0. The molecule has 1 saturated heterocycles. The smallest absolute Gasteiger partial charge is 0.258 e. The van der Waals surface area contributed by atoms with E-state index >= 15 is 0 Å². The lowest BCUT2D eigenvalue weighted by Gasteiger charge is -2.44. The monoisotopic (exact) mass is 251 g/mol. The van der Waals surface area contributed by atoms with Gasteiger partial charge in [-0.1, -0.05) is 0 Å². The number of rotatable bonds is 5. The second kappa shape index (κ2) is 5.37. The summed E-state index contributed by atoms with van der Waals surface area (Å²) in [6, 6.07) is 7.40. The van der Waals surface area contributed by atoms with Crippen LogP contribution in [0.1, 0.15) is 6.92 Å². The van der Waals surface area contributed by atoms with Gasteiger partial charge in [-0.15, -0.1) is 0 Å². The van der Waals surface area contributed by atoms with Gasteiger partial charge in [-0.3, -0.25) is 4.79 Å². The molecule has 0 saturated carbocycles. The van der Waals surface area contributed by atoms with E-state index in [9.17, 15) is 4.79 Å². The fourth-order valence-electron chi connectivity index (χ4n) is 2.05. The number of amides is 1. The molecule has 0 bridgehead atoms. The molecule has 2 rings (SSSR count). The molecule has 1 aliphatic rings. The molecule has 1 heterocycles. The number of nitrogens with zero attached hydrogens (tertiary/aromatic N) is 1. The highest BCUT2D eigenvalue weighted by molar-refractivity contribution is 6.04. The van der Waals surface area contributed by atoms with Crippen molar-refractivity contribution in [3.05, 3.63) is 24.3 Å². The van der Waals surface area contributed by atoms with Gasteiger partial charge in [0.1, 0.15) is 12.5 Å². The summed E-state index contributed by atoms with van der Waals surface area (Å²) in [6.45, 7) is 2.09. The van der Waals surface area contributed by atoms with E-state index in [1.165, 1.54) is 7.11 Å². The van der Waals surface area contributed by atoms with Crippen molar-refractivity contribution in [3.8, 4) is 5.75 Å². The van der Waals surface area contributed by atoms with Crippen LogP contribution >= 0.6 is 0 Å². The molecule has 1 aromatic rings. The van der Waals surface area contributed by atoms with E-state index in [0.717, 1.165) is 11.4 Å². The Morgan fingerprint density at radius 3 is 2.39 bits per heavy atom. The van der Waals surface area contributed by atoms with Gasteiger partial charge in [0.15, 0.2) is 6.10 Å². The number of ether oxygens (including phenoxy) is 3. The van der Waals surface area contributed by atoms with Gasteiger partial charge in [-0.25, -0.2) is 0 Å². The molecule has 1 amide bonds. The number of β-lactam (4-membered cyclic amide) rings is 1. The molecule has 2 atom stereocenters. The van der Waals surface area contributed by atoms with Gasteiger partial charge in [-0.05, 0) is 31.2 Å². The van der Waals surface area contributed by atoms with E-state index in [1.54, 1.807) is 12.0 Å². The predicted octanol–water partition coefficient (Wildman–Crippen LogP) is 1.42. The van der Waals surface area contributed by atoms with E-state index < -0.39 is 6.10 Å². The first-order valence-electron chi connectivity index (χ1n) is 5.76. The highest BCUT2D eigenvalue weighted by Gasteiger charge is 2.46. The van der Waals surface area contributed by atoms with Crippen molar-refractivity contribution in [1.29, 1.82) is 0 Å². The molecule has 1 aliphatic heterocycles. The second-order valence-electron chi connectivity index (χ2n) is 4.14. The third-order valence-electron chi connectivity index (χ3n) is 3.04. The normalized spacial score (nSPS) is 22.8. The van der Waals surface area contributed by atoms with Crippen LogP contribution in [0.4, 0.5) is 5.69 Å². The number of benzene rings is 1. The van der Waals surface area contributed by atoms with Gasteiger partial charge in [0.2, 0.25) is 0 Å². The van der Waals surface area contributed by atoms with Gasteiger partial charge in [-0.2, -0.15) is 0 Å². The molecule has 2 unspecified atom stereocenters. The Kier molecular flexibility index (Phi) is 3.84. The Morgan fingerprint density at radius 1 is 1.22 bits per heavy atom.